The summed E-state index contributed by atoms with van der Waals surface area (Å²) in [7, 11) is 0. The molecule has 5 nitrogen and oxygen atoms in total. The molecule has 1 N–H and O–H groups in total. The van der Waals surface area contributed by atoms with Crippen LogP contribution in [0.15, 0.2) is 12.7 Å². The third kappa shape index (κ3) is 3.84. The first kappa shape index (κ1) is 12.3. The summed E-state index contributed by atoms with van der Waals surface area (Å²) in [6.07, 6.45) is 0.355. The molecule has 0 aromatic carbocycles. The van der Waals surface area contributed by atoms with Crippen LogP contribution in [0.5, 0.6) is 0 Å². The highest BCUT2D eigenvalue weighted by molar-refractivity contribution is 6.06. The first-order chi connectivity index (χ1) is 6.52. The summed E-state index contributed by atoms with van der Waals surface area (Å²) in [4.78, 5) is 32.6. The number of rotatable bonds is 6. The third-order valence-electron chi connectivity index (χ3n) is 1.49. The zero-order chi connectivity index (χ0) is 11.1. The van der Waals surface area contributed by atoms with E-state index in [2.05, 4.69) is 11.3 Å². The standard InChI is InChI=1S/C9H12O5/c1-3-7(10)6(5-8(11)12)9(13)14-4-2/h3,6H,1,4-5H2,2H3,(H,11,12). The van der Waals surface area contributed by atoms with Crippen molar-refractivity contribution in [2.75, 3.05) is 6.61 Å². The smallest absolute Gasteiger partial charge is 0.317 e. The Kier molecular flexibility index (Phi) is 5.21. The van der Waals surface area contributed by atoms with Crippen molar-refractivity contribution in [3.05, 3.63) is 12.7 Å². The van der Waals surface area contributed by atoms with Gasteiger partial charge in [0.15, 0.2) is 5.78 Å². The molecule has 78 valence electrons. The highest BCUT2D eigenvalue weighted by Gasteiger charge is 2.28. The average Bonchev–Trinajstić information content (AvgIpc) is 2.13. The van der Waals surface area contributed by atoms with E-state index in [0.29, 0.717) is 0 Å². The lowest BCUT2D eigenvalue weighted by atomic mass is 10.0. The summed E-state index contributed by atoms with van der Waals surface area (Å²) < 4.78 is 4.56. The molecule has 0 rings (SSSR count). The van der Waals surface area contributed by atoms with Crippen LogP contribution in [0.1, 0.15) is 13.3 Å². The maximum Gasteiger partial charge on any atom is 0.317 e. The molecule has 1 unspecified atom stereocenters. The number of aliphatic carboxylic acids is 1. The van der Waals surface area contributed by atoms with Gasteiger partial charge in [-0.3, -0.25) is 14.4 Å². The summed E-state index contributed by atoms with van der Waals surface area (Å²) in [5.41, 5.74) is 0. The van der Waals surface area contributed by atoms with Gasteiger partial charge in [0, 0.05) is 0 Å². The van der Waals surface area contributed by atoms with Crippen molar-refractivity contribution in [2.45, 2.75) is 13.3 Å². The Morgan fingerprint density at radius 2 is 2.07 bits per heavy atom. The highest BCUT2D eigenvalue weighted by Crippen LogP contribution is 2.08. The number of allylic oxidation sites excluding steroid dienone is 1. The maximum atomic E-state index is 11.1. The van der Waals surface area contributed by atoms with Gasteiger partial charge in [0.25, 0.3) is 0 Å². The fourth-order valence-electron chi connectivity index (χ4n) is 0.860. The van der Waals surface area contributed by atoms with E-state index >= 15 is 0 Å². The Hall–Kier alpha value is -1.65. The number of ketones is 1. The first-order valence-corrected chi connectivity index (χ1v) is 4.07. The van der Waals surface area contributed by atoms with Gasteiger partial charge >= 0.3 is 11.9 Å². The van der Waals surface area contributed by atoms with E-state index in [1.807, 2.05) is 0 Å². The van der Waals surface area contributed by atoms with Crippen LogP contribution in [0.4, 0.5) is 0 Å². The minimum absolute atomic E-state index is 0.110. The van der Waals surface area contributed by atoms with E-state index in [1.54, 1.807) is 6.92 Å². The molecule has 1 atom stereocenters. The van der Waals surface area contributed by atoms with Gasteiger partial charge in [-0.25, -0.2) is 0 Å². The van der Waals surface area contributed by atoms with Crippen molar-refractivity contribution in [1.29, 1.82) is 0 Å². The Morgan fingerprint density at radius 3 is 2.43 bits per heavy atom. The minimum Gasteiger partial charge on any atom is -0.481 e. The predicted molar refractivity (Wildman–Crippen MR) is 47.6 cm³/mol. The largest absolute Gasteiger partial charge is 0.481 e. The fourth-order valence-corrected chi connectivity index (χ4v) is 0.860. The van der Waals surface area contributed by atoms with Crippen LogP contribution in [-0.4, -0.2) is 29.4 Å². The number of ether oxygens (including phenoxy) is 1. The second kappa shape index (κ2) is 5.90. The maximum absolute atomic E-state index is 11.1. The van der Waals surface area contributed by atoms with Gasteiger partial charge in [0.2, 0.25) is 0 Å². The van der Waals surface area contributed by atoms with E-state index in [-0.39, 0.29) is 6.61 Å². The lowest BCUT2D eigenvalue weighted by Crippen LogP contribution is -2.27. The third-order valence-corrected chi connectivity index (χ3v) is 1.49. The normalized spacial score (nSPS) is 11.5. The molecule has 0 aromatic heterocycles. The molecule has 0 aliphatic rings. The summed E-state index contributed by atoms with van der Waals surface area (Å²) >= 11 is 0. The highest BCUT2D eigenvalue weighted by atomic mass is 16.5. The van der Waals surface area contributed by atoms with E-state index in [0.717, 1.165) is 6.08 Å². The van der Waals surface area contributed by atoms with Crippen molar-refractivity contribution in [3.63, 3.8) is 0 Å². The number of hydrogen-bond donors (Lipinski definition) is 1. The molecule has 0 saturated heterocycles. The van der Waals surface area contributed by atoms with Gasteiger partial charge in [-0.1, -0.05) is 6.58 Å². The SMILES string of the molecule is C=CC(=O)C(CC(=O)O)C(=O)OCC. The van der Waals surface area contributed by atoms with Gasteiger partial charge in [0.05, 0.1) is 13.0 Å². The summed E-state index contributed by atoms with van der Waals surface area (Å²) in [6, 6.07) is 0. The van der Waals surface area contributed by atoms with Crippen molar-refractivity contribution in [2.24, 2.45) is 5.92 Å². The monoisotopic (exact) mass is 200 g/mol. The molecule has 0 fully saturated rings. The van der Waals surface area contributed by atoms with Gasteiger partial charge < -0.3 is 9.84 Å². The molecule has 0 amide bonds. The van der Waals surface area contributed by atoms with Crippen molar-refractivity contribution in [3.8, 4) is 0 Å². The lowest BCUT2D eigenvalue weighted by Gasteiger charge is -2.09. The van der Waals surface area contributed by atoms with Gasteiger partial charge in [0.1, 0.15) is 5.92 Å². The number of carboxylic acid groups (broad SMARTS) is 1. The Balaban J connectivity index is 4.53. The second-order valence-electron chi connectivity index (χ2n) is 2.51. The Bertz CT molecular complexity index is 256. The molecule has 0 aromatic rings. The van der Waals surface area contributed by atoms with Crippen LogP contribution in [-0.2, 0) is 19.1 Å². The molecule has 0 spiro atoms. The molecule has 14 heavy (non-hydrogen) atoms. The van der Waals surface area contributed by atoms with Crippen molar-refractivity contribution < 1.29 is 24.2 Å². The van der Waals surface area contributed by atoms with Crippen LogP contribution in [0.3, 0.4) is 0 Å². The molecule has 0 aliphatic carbocycles. The van der Waals surface area contributed by atoms with Crippen LogP contribution in [0.2, 0.25) is 0 Å². The predicted octanol–water partition coefficient (Wildman–Crippen LogP) is 0.395. The van der Waals surface area contributed by atoms with E-state index in [1.165, 1.54) is 0 Å². The zero-order valence-electron chi connectivity index (χ0n) is 7.86. The molecule has 0 aliphatic heterocycles. The number of carboxylic acids is 1. The van der Waals surface area contributed by atoms with E-state index in [4.69, 9.17) is 5.11 Å². The van der Waals surface area contributed by atoms with Gasteiger partial charge in [-0.05, 0) is 13.0 Å². The van der Waals surface area contributed by atoms with Gasteiger partial charge in [-0.15, -0.1) is 0 Å². The molecule has 0 heterocycles. The van der Waals surface area contributed by atoms with Gasteiger partial charge in [-0.2, -0.15) is 0 Å². The number of hydrogen-bond acceptors (Lipinski definition) is 4. The van der Waals surface area contributed by atoms with E-state index in [9.17, 15) is 14.4 Å². The molecule has 0 radical (unpaired) electrons. The molecular weight excluding hydrogens is 188 g/mol. The molecule has 0 bridgehead atoms. The number of carbonyl (C=O) groups is 3. The Morgan fingerprint density at radius 1 is 1.50 bits per heavy atom. The van der Waals surface area contributed by atoms with Crippen LogP contribution < -0.4 is 0 Å². The van der Waals surface area contributed by atoms with Crippen molar-refractivity contribution in [1.82, 2.24) is 0 Å². The minimum atomic E-state index is -1.27. The molecular formula is C9H12O5. The fraction of sp³-hybridized carbons (Fsp3) is 0.444. The first-order valence-electron chi connectivity index (χ1n) is 4.07. The molecule has 0 saturated carbocycles. The summed E-state index contributed by atoms with van der Waals surface area (Å²) in [5.74, 6) is -3.95. The van der Waals surface area contributed by atoms with Crippen LogP contribution in [0, 0.1) is 5.92 Å². The Labute approximate surface area is 81.4 Å². The van der Waals surface area contributed by atoms with E-state index < -0.39 is 30.1 Å². The zero-order valence-corrected chi connectivity index (χ0v) is 7.86. The lowest BCUT2D eigenvalue weighted by molar-refractivity contribution is -0.155. The number of carbonyl (C=O) groups excluding carboxylic acids is 2. The summed E-state index contributed by atoms with van der Waals surface area (Å²) in [6.45, 7) is 4.87. The van der Waals surface area contributed by atoms with Crippen molar-refractivity contribution >= 4 is 17.7 Å². The van der Waals surface area contributed by atoms with Crippen LogP contribution in [0.25, 0.3) is 0 Å². The topological polar surface area (TPSA) is 80.7 Å². The average molecular weight is 200 g/mol. The number of esters is 1. The quantitative estimate of drug-likeness (QED) is 0.381. The van der Waals surface area contributed by atoms with Crippen LogP contribution >= 0.6 is 0 Å². The summed E-state index contributed by atoms with van der Waals surface area (Å²) in [5, 5.41) is 8.45. The second-order valence-corrected chi connectivity index (χ2v) is 2.51. The molecule has 5 heteroatoms.